The summed E-state index contributed by atoms with van der Waals surface area (Å²) in [6.07, 6.45) is 5.65. The number of aromatic amines is 1. The molecule has 1 aliphatic rings. The Morgan fingerprint density at radius 2 is 2.33 bits per heavy atom. The molecule has 15 heavy (non-hydrogen) atoms. The molecule has 0 spiro atoms. The summed E-state index contributed by atoms with van der Waals surface area (Å²) >= 11 is 0. The van der Waals surface area contributed by atoms with Crippen LogP contribution in [0.4, 0.5) is 0 Å². The highest BCUT2D eigenvalue weighted by molar-refractivity contribution is 5.21. The van der Waals surface area contributed by atoms with Crippen LogP contribution >= 0.6 is 0 Å². The highest BCUT2D eigenvalue weighted by atomic mass is 15.0. The smallest absolute Gasteiger partial charge is 0.106 e. The monoisotopic (exact) mass is 207 g/mol. The molecule has 3 nitrogen and oxygen atoms in total. The summed E-state index contributed by atoms with van der Waals surface area (Å²) in [5, 5.41) is 0. The maximum absolute atomic E-state index is 6.03. The third-order valence-corrected chi connectivity index (χ3v) is 3.11. The number of nitrogens with two attached hydrogens (primary N) is 1. The average Bonchev–Trinajstić information content (AvgIpc) is 2.59. The van der Waals surface area contributed by atoms with Gasteiger partial charge in [0.05, 0.1) is 5.69 Å². The molecule has 0 saturated carbocycles. The van der Waals surface area contributed by atoms with Gasteiger partial charge in [-0.25, -0.2) is 4.98 Å². The summed E-state index contributed by atoms with van der Waals surface area (Å²) < 4.78 is 0. The minimum absolute atomic E-state index is 0.165. The number of H-pyrrole nitrogens is 1. The van der Waals surface area contributed by atoms with Crippen LogP contribution in [0.5, 0.6) is 0 Å². The lowest BCUT2D eigenvalue weighted by Gasteiger charge is -2.15. The first kappa shape index (κ1) is 10.7. The lowest BCUT2D eigenvalue weighted by Crippen LogP contribution is -2.17. The van der Waals surface area contributed by atoms with Crippen molar-refractivity contribution in [1.82, 2.24) is 9.97 Å². The van der Waals surface area contributed by atoms with Crippen molar-refractivity contribution in [3.05, 3.63) is 17.2 Å². The number of aromatic nitrogens is 2. The molecule has 0 aliphatic heterocycles. The van der Waals surface area contributed by atoms with Crippen LogP contribution in [-0.4, -0.2) is 9.97 Å². The summed E-state index contributed by atoms with van der Waals surface area (Å²) in [5.41, 5.74) is 8.44. The second-order valence-corrected chi connectivity index (χ2v) is 4.98. The van der Waals surface area contributed by atoms with Crippen LogP contribution in [0.3, 0.4) is 0 Å². The lowest BCUT2D eigenvalue weighted by molar-refractivity contribution is 0.554. The molecule has 0 radical (unpaired) electrons. The molecule has 1 aromatic rings. The van der Waals surface area contributed by atoms with Crippen molar-refractivity contribution in [3.63, 3.8) is 0 Å². The van der Waals surface area contributed by atoms with Gasteiger partial charge in [-0.3, -0.25) is 0 Å². The van der Waals surface area contributed by atoms with Crippen molar-refractivity contribution in [2.75, 3.05) is 0 Å². The molecular formula is C12H21N3. The van der Waals surface area contributed by atoms with Crippen LogP contribution in [0.25, 0.3) is 0 Å². The van der Waals surface area contributed by atoms with Gasteiger partial charge in [0.15, 0.2) is 0 Å². The maximum atomic E-state index is 6.03. The highest BCUT2D eigenvalue weighted by Crippen LogP contribution is 2.26. The van der Waals surface area contributed by atoms with E-state index in [1.165, 1.54) is 18.5 Å². The first-order valence-electron chi connectivity index (χ1n) is 6.00. The molecule has 3 heteroatoms. The number of rotatable bonds is 3. The normalized spacial score (nSPS) is 20.7. The van der Waals surface area contributed by atoms with Crippen molar-refractivity contribution in [3.8, 4) is 0 Å². The Kier molecular flexibility index (Phi) is 3.10. The molecule has 1 atom stereocenters. The van der Waals surface area contributed by atoms with Crippen molar-refractivity contribution in [2.24, 2.45) is 11.7 Å². The van der Waals surface area contributed by atoms with E-state index in [-0.39, 0.29) is 6.04 Å². The van der Waals surface area contributed by atoms with Gasteiger partial charge in [0, 0.05) is 18.2 Å². The van der Waals surface area contributed by atoms with Gasteiger partial charge in [-0.1, -0.05) is 13.8 Å². The van der Waals surface area contributed by atoms with E-state index in [1.807, 2.05) is 0 Å². The number of fused-ring (bicyclic) bond motifs is 1. The molecule has 1 aliphatic carbocycles. The summed E-state index contributed by atoms with van der Waals surface area (Å²) in [4.78, 5) is 8.05. The Balaban J connectivity index is 2.08. The van der Waals surface area contributed by atoms with E-state index in [2.05, 4.69) is 23.8 Å². The molecule has 1 heterocycles. The molecule has 0 saturated heterocycles. The fourth-order valence-electron chi connectivity index (χ4n) is 2.16. The zero-order valence-electron chi connectivity index (χ0n) is 9.71. The van der Waals surface area contributed by atoms with Gasteiger partial charge in [0.2, 0.25) is 0 Å². The van der Waals surface area contributed by atoms with Crippen LogP contribution < -0.4 is 5.73 Å². The quantitative estimate of drug-likeness (QED) is 0.799. The molecule has 84 valence electrons. The third kappa shape index (κ3) is 2.40. The van der Waals surface area contributed by atoms with E-state index in [0.29, 0.717) is 0 Å². The fraction of sp³-hybridized carbons (Fsp3) is 0.750. The largest absolute Gasteiger partial charge is 0.346 e. The van der Waals surface area contributed by atoms with Crippen molar-refractivity contribution < 1.29 is 0 Å². The van der Waals surface area contributed by atoms with E-state index in [4.69, 9.17) is 5.73 Å². The molecule has 0 bridgehead atoms. The Labute approximate surface area is 91.5 Å². The summed E-state index contributed by atoms with van der Waals surface area (Å²) in [6.45, 7) is 4.49. The topological polar surface area (TPSA) is 54.7 Å². The molecular weight excluding hydrogens is 186 g/mol. The van der Waals surface area contributed by atoms with Crippen LogP contribution in [0, 0.1) is 5.92 Å². The minimum Gasteiger partial charge on any atom is -0.346 e. The summed E-state index contributed by atoms with van der Waals surface area (Å²) in [7, 11) is 0. The van der Waals surface area contributed by atoms with Crippen molar-refractivity contribution >= 4 is 0 Å². The predicted molar refractivity (Wildman–Crippen MR) is 61.6 cm³/mol. The fourth-order valence-corrected chi connectivity index (χ4v) is 2.16. The van der Waals surface area contributed by atoms with E-state index >= 15 is 0 Å². The number of aryl methyl sites for hydroxylation is 2. The molecule has 0 amide bonds. The Bertz CT molecular complexity index is 328. The minimum atomic E-state index is 0.165. The SMILES string of the molecule is CC(C)CCc1nc2c([nH]1)CCCC2N. The van der Waals surface area contributed by atoms with Gasteiger partial charge < -0.3 is 10.7 Å². The molecule has 0 fully saturated rings. The van der Waals surface area contributed by atoms with Crippen molar-refractivity contribution in [2.45, 2.75) is 52.0 Å². The second-order valence-electron chi connectivity index (χ2n) is 4.98. The Hall–Kier alpha value is -0.830. The van der Waals surface area contributed by atoms with E-state index < -0.39 is 0 Å². The number of nitrogens with zero attached hydrogens (tertiary/aromatic N) is 1. The molecule has 2 rings (SSSR count). The van der Waals surface area contributed by atoms with Gasteiger partial charge in [-0.05, 0) is 31.6 Å². The first-order valence-corrected chi connectivity index (χ1v) is 6.00. The average molecular weight is 207 g/mol. The predicted octanol–water partition coefficient (Wildman–Crippen LogP) is 2.33. The van der Waals surface area contributed by atoms with Crippen LogP contribution in [-0.2, 0) is 12.8 Å². The number of hydrogen-bond acceptors (Lipinski definition) is 2. The van der Waals surface area contributed by atoms with Gasteiger partial charge >= 0.3 is 0 Å². The van der Waals surface area contributed by atoms with Crippen molar-refractivity contribution in [1.29, 1.82) is 0 Å². The lowest BCUT2D eigenvalue weighted by atomic mass is 9.97. The number of nitrogens with one attached hydrogen (secondary N) is 1. The van der Waals surface area contributed by atoms with E-state index in [1.54, 1.807) is 0 Å². The maximum Gasteiger partial charge on any atom is 0.106 e. The van der Waals surface area contributed by atoms with Gasteiger partial charge in [0.1, 0.15) is 5.82 Å². The summed E-state index contributed by atoms with van der Waals surface area (Å²) in [6, 6.07) is 0.165. The Morgan fingerprint density at radius 1 is 1.53 bits per heavy atom. The highest BCUT2D eigenvalue weighted by Gasteiger charge is 2.20. The van der Waals surface area contributed by atoms with Crippen LogP contribution in [0.2, 0.25) is 0 Å². The zero-order chi connectivity index (χ0) is 10.8. The standard InChI is InChI=1S/C12H21N3/c1-8(2)6-7-11-14-10-5-3-4-9(13)12(10)15-11/h8-9H,3-7,13H2,1-2H3,(H,14,15). The molecule has 3 N–H and O–H groups in total. The van der Waals surface area contributed by atoms with Gasteiger partial charge in [-0.2, -0.15) is 0 Å². The molecule has 0 aromatic carbocycles. The van der Waals surface area contributed by atoms with E-state index in [9.17, 15) is 0 Å². The van der Waals surface area contributed by atoms with Gasteiger partial charge in [0.25, 0.3) is 0 Å². The third-order valence-electron chi connectivity index (χ3n) is 3.11. The number of imidazole rings is 1. The van der Waals surface area contributed by atoms with Crippen LogP contribution in [0.15, 0.2) is 0 Å². The summed E-state index contributed by atoms with van der Waals surface area (Å²) in [5.74, 6) is 1.87. The molecule has 1 aromatic heterocycles. The second kappa shape index (κ2) is 4.35. The first-order chi connectivity index (χ1) is 7.16. The van der Waals surface area contributed by atoms with Gasteiger partial charge in [-0.15, -0.1) is 0 Å². The van der Waals surface area contributed by atoms with E-state index in [0.717, 1.165) is 36.7 Å². The Morgan fingerprint density at radius 3 is 3.00 bits per heavy atom. The van der Waals surface area contributed by atoms with Crippen LogP contribution in [0.1, 0.15) is 56.4 Å². The number of hydrogen-bond donors (Lipinski definition) is 2. The molecule has 1 unspecified atom stereocenters. The zero-order valence-corrected chi connectivity index (χ0v) is 9.71.